The average molecular weight is 254 g/mol. The van der Waals surface area contributed by atoms with Gasteiger partial charge in [-0.25, -0.2) is 9.48 Å². The molecule has 1 N–H and O–H groups in total. The number of fused-ring (bicyclic) bond motifs is 1. The van der Waals surface area contributed by atoms with Crippen LogP contribution in [0.2, 0.25) is 0 Å². The SMILES string of the molecule is O=C(O)c1cccc2c1nnn2Cc1ccccn1. The molecule has 2 aromatic heterocycles. The number of nitrogens with zero attached hydrogens (tertiary/aromatic N) is 4. The van der Waals surface area contributed by atoms with Crippen LogP contribution >= 0.6 is 0 Å². The third-order valence-electron chi connectivity index (χ3n) is 2.81. The molecule has 1 aromatic carbocycles. The third-order valence-corrected chi connectivity index (χ3v) is 2.81. The first-order valence-corrected chi connectivity index (χ1v) is 5.71. The van der Waals surface area contributed by atoms with E-state index in [0.29, 0.717) is 17.6 Å². The van der Waals surface area contributed by atoms with Gasteiger partial charge in [-0.05, 0) is 24.3 Å². The lowest BCUT2D eigenvalue weighted by Gasteiger charge is -2.01. The van der Waals surface area contributed by atoms with Crippen molar-refractivity contribution in [2.75, 3.05) is 0 Å². The maximum Gasteiger partial charge on any atom is 0.338 e. The summed E-state index contributed by atoms with van der Waals surface area (Å²) in [4.78, 5) is 15.3. The molecule has 0 aliphatic rings. The van der Waals surface area contributed by atoms with Crippen molar-refractivity contribution in [3.8, 4) is 0 Å². The van der Waals surface area contributed by atoms with Crippen molar-refractivity contribution >= 4 is 17.0 Å². The summed E-state index contributed by atoms with van der Waals surface area (Å²) in [5, 5.41) is 17.0. The number of aromatic carboxylic acids is 1. The Morgan fingerprint density at radius 3 is 2.84 bits per heavy atom. The largest absolute Gasteiger partial charge is 0.478 e. The summed E-state index contributed by atoms with van der Waals surface area (Å²) in [6.07, 6.45) is 1.71. The van der Waals surface area contributed by atoms with E-state index in [1.54, 1.807) is 23.0 Å². The smallest absolute Gasteiger partial charge is 0.338 e. The second-order valence-electron chi connectivity index (χ2n) is 4.05. The van der Waals surface area contributed by atoms with E-state index in [4.69, 9.17) is 5.11 Å². The van der Waals surface area contributed by atoms with Gasteiger partial charge in [-0.3, -0.25) is 4.98 Å². The number of benzene rings is 1. The van der Waals surface area contributed by atoms with Crippen LogP contribution in [0, 0.1) is 0 Å². The maximum absolute atomic E-state index is 11.1. The van der Waals surface area contributed by atoms with Gasteiger partial charge in [-0.1, -0.05) is 17.3 Å². The Morgan fingerprint density at radius 2 is 2.11 bits per heavy atom. The van der Waals surface area contributed by atoms with E-state index >= 15 is 0 Å². The standard InChI is InChI=1S/C13H10N4O2/c18-13(19)10-5-3-6-11-12(10)15-16-17(11)8-9-4-1-2-7-14-9/h1-7H,8H2,(H,18,19). The highest BCUT2D eigenvalue weighted by Crippen LogP contribution is 2.16. The summed E-state index contributed by atoms with van der Waals surface area (Å²) in [7, 11) is 0. The van der Waals surface area contributed by atoms with E-state index in [2.05, 4.69) is 15.3 Å². The van der Waals surface area contributed by atoms with Gasteiger partial charge in [0.2, 0.25) is 0 Å². The van der Waals surface area contributed by atoms with E-state index in [1.165, 1.54) is 6.07 Å². The zero-order chi connectivity index (χ0) is 13.2. The third kappa shape index (κ3) is 2.03. The van der Waals surface area contributed by atoms with Crippen LogP contribution in [-0.2, 0) is 6.54 Å². The number of carboxylic acid groups (broad SMARTS) is 1. The van der Waals surface area contributed by atoms with Gasteiger partial charge in [0, 0.05) is 6.20 Å². The van der Waals surface area contributed by atoms with Gasteiger partial charge in [0.15, 0.2) is 0 Å². The molecule has 3 aromatic rings. The fourth-order valence-electron chi connectivity index (χ4n) is 1.93. The molecule has 6 heteroatoms. The highest BCUT2D eigenvalue weighted by atomic mass is 16.4. The minimum Gasteiger partial charge on any atom is -0.478 e. The van der Waals surface area contributed by atoms with Gasteiger partial charge >= 0.3 is 5.97 Å². The van der Waals surface area contributed by atoms with Gasteiger partial charge in [0.25, 0.3) is 0 Å². The van der Waals surface area contributed by atoms with Crippen LogP contribution in [0.1, 0.15) is 16.1 Å². The molecule has 0 bridgehead atoms. The summed E-state index contributed by atoms with van der Waals surface area (Å²) in [5.41, 5.74) is 2.08. The Labute approximate surface area is 108 Å². The van der Waals surface area contributed by atoms with Crippen molar-refractivity contribution in [1.82, 2.24) is 20.0 Å². The Morgan fingerprint density at radius 1 is 1.21 bits per heavy atom. The Bertz CT molecular complexity index is 737. The number of hydrogen-bond donors (Lipinski definition) is 1. The van der Waals surface area contributed by atoms with Crippen LogP contribution in [0.15, 0.2) is 42.6 Å². The van der Waals surface area contributed by atoms with Gasteiger partial charge in [0.05, 0.1) is 23.3 Å². The first-order valence-electron chi connectivity index (χ1n) is 5.71. The van der Waals surface area contributed by atoms with Crippen molar-refractivity contribution in [2.24, 2.45) is 0 Å². The molecule has 3 rings (SSSR count). The van der Waals surface area contributed by atoms with Gasteiger partial charge in [0.1, 0.15) is 5.52 Å². The molecule has 0 saturated carbocycles. The molecule has 0 atom stereocenters. The Balaban J connectivity index is 2.07. The molecular weight excluding hydrogens is 244 g/mol. The maximum atomic E-state index is 11.1. The molecule has 0 fully saturated rings. The first kappa shape index (κ1) is 11.3. The summed E-state index contributed by atoms with van der Waals surface area (Å²) in [6, 6.07) is 10.6. The molecule has 19 heavy (non-hydrogen) atoms. The molecular formula is C13H10N4O2. The average Bonchev–Trinajstić information content (AvgIpc) is 2.83. The minimum atomic E-state index is -1.00. The Hall–Kier alpha value is -2.76. The van der Waals surface area contributed by atoms with Crippen molar-refractivity contribution in [3.05, 3.63) is 53.9 Å². The van der Waals surface area contributed by atoms with E-state index in [9.17, 15) is 4.79 Å². The number of pyridine rings is 1. The van der Waals surface area contributed by atoms with Crippen LogP contribution in [0.3, 0.4) is 0 Å². The zero-order valence-corrected chi connectivity index (χ0v) is 9.89. The summed E-state index contributed by atoms with van der Waals surface area (Å²) in [5.74, 6) is -1.00. The van der Waals surface area contributed by atoms with E-state index in [0.717, 1.165) is 5.69 Å². The number of carbonyl (C=O) groups is 1. The van der Waals surface area contributed by atoms with Gasteiger partial charge < -0.3 is 5.11 Å². The van der Waals surface area contributed by atoms with E-state index < -0.39 is 5.97 Å². The van der Waals surface area contributed by atoms with E-state index in [-0.39, 0.29) is 5.56 Å². The second-order valence-corrected chi connectivity index (χ2v) is 4.05. The molecule has 0 unspecified atom stereocenters. The Kier molecular flexibility index (Phi) is 2.68. The first-order chi connectivity index (χ1) is 9.25. The van der Waals surface area contributed by atoms with E-state index in [1.807, 2.05) is 18.2 Å². The van der Waals surface area contributed by atoms with Crippen LogP contribution in [0.25, 0.3) is 11.0 Å². The van der Waals surface area contributed by atoms with Crippen LogP contribution in [0.5, 0.6) is 0 Å². The molecule has 2 heterocycles. The number of hydrogen-bond acceptors (Lipinski definition) is 4. The van der Waals surface area contributed by atoms with Crippen LogP contribution < -0.4 is 0 Å². The molecule has 0 saturated heterocycles. The second kappa shape index (κ2) is 4.49. The topological polar surface area (TPSA) is 80.9 Å². The monoisotopic (exact) mass is 254 g/mol. The normalized spacial score (nSPS) is 10.7. The summed E-state index contributed by atoms with van der Waals surface area (Å²) in [6.45, 7) is 0.459. The molecule has 0 aliphatic carbocycles. The zero-order valence-electron chi connectivity index (χ0n) is 9.89. The van der Waals surface area contributed by atoms with Crippen molar-refractivity contribution in [3.63, 3.8) is 0 Å². The lowest BCUT2D eigenvalue weighted by molar-refractivity contribution is 0.0699. The molecule has 0 aliphatic heterocycles. The highest BCUT2D eigenvalue weighted by Gasteiger charge is 2.13. The fourth-order valence-corrected chi connectivity index (χ4v) is 1.93. The predicted molar refractivity (Wildman–Crippen MR) is 67.8 cm³/mol. The highest BCUT2D eigenvalue weighted by molar-refractivity contribution is 6.00. The summed E-state index contributed by atoms with van der Waals surface area (Å²) < 4.78 is 1.64. The van der Waals surface area contributed by atoms with Crippen LogP contribution in [-0.4, -0.2) is 31.1 Å². The lowest BCUT2D eigenvalue weighted by atomic mass is 10.2. The van der Waals surface area contributed by atoms with Gasteiger partial charge in [-0.2, -0.15) is 0 Å². The number of carboxylic acids is 1. The minimum absolute atomic E-state index is 0.157. The lowest BCUT2D eigenvalue weighted by Crippen LogP contribution is -2.03. The fraction of sp³-hybridized carbons (Fsp3) is 0.0769. The molecule has 6 nitrogen and oxygen atoms in total. The number of aromatic nitrogens is 4. The quantitative estimate of drug-likeness (QED) is 0.767. The van der Waals surface area contributed by atoms with Crippen molar-refractivity contribution in [1.29, 1.82) is 0 Å². The van der Waals surface area contributed by atoms with Crippen molar-refractivity contribution < 1.29 is 9.90 Å². The molecule has 0 spiro atoms. The molecule has 0 radical (unpaired) electrons. The van der Waals surface area contributed by atoms with Crippen LogP contribution in [0.4, 0.5) is 0 Å². The van der Waals surface area contributed by atoms with Gasteiger partial charge in [-0.15, -0.1) is 5.10 Å². The van der Waals surface area contributed by atoms with Crippen molar-refractivity contribution in [2.45, 2.75) is 6.54 Å². The molecule has 94 valence electrons. The summed E-state index contributed by atoms with van der Waals surface area (Å²) >= 11 is 0. The number of rotatable bonds is 3. The molecule has 0 amide bonds. The predicted octanol–water partition coefficient (Wildman–Crippen LogP) is 1.57.